The van der Waals surface area contributed by atoms with Crippen LogP contribution in [0.4, 0.5) is 4.79 Å². The zero-order valence-corrected chi connectivity index (χ0v) is 27.4. The van der Waals surface area contributed by atoms with Gasteiger partial charge in [-0.1, -0.05) is 120 Å². The summed E-state index contributed by atoms with van der Waals surface area (Å²) in [5.41, 5.74) is 4.86. The number of rotatable bonds is 26. The molecule has 0 radical (unpaired) electrons. The van der Waals surface area contributed by atoms with Crippen molar-refractivity contribution < 1.29 is 28.5 Å². The number of amides is 1. The molecule has 7 nitrogen and oxygen atoms in total. The first-order chi connectivity index (χ1) is 21.7. The van der Waals surface area contributed by atoms with Gasteiger partial charge in [0.05, 0.1) is 46.2 Å². The minimum Gasteiger partial charge on any atom is -0.448 e. The quantitative estimate of drug-likeness (QED) is 0.0999. The van der Waals surface area contributed by atoms with Crippen molar-refractivity contribution in [3.8, 4) is 11.1 Å². The Morgan fingerprint density at radius 1 is 0.591 bits per heavy atom. The van der Waals surface area contributed by atoms with Gasteiger partial charge in [-0.15, -0.1) is 0 Å². The molecule has 0 atom stereocenters. The van der Waals surface area contributed by atoms with Crippen LogP contribution in [0.15, 0.2) is 48.5 Å². The number of hydrogen-bond donors (Lipinski definition) is 0. The van der Waals surface area contributed by atoms with Gasteiger partial charge in [-0.3, -0.25) is 0 Å². The summed E-state index contributed by atoms with van der Waals surface area (Å²) in [4.78, 5) is 14.1. The van der Waals surface area contributed by atoms with Crippen LogP contribution in [0.1, 0.15) is 94.6 Å². The lowest BCUT2D eigenvalue weighted by Crippen LogP contribution is -2.32. The molecule has 246 valence electrons. The van der Waals surface area contributed by atoms with Crippen LogP contribution in [0.3, 0.4) is 0 Å². The molecule has 44 heavy (non-hydrogen) atoms. The molecule has 0 saturated carbocycles. The standard InChI is InChI=1S/C37H57NO6/c1-3-4-5-6-7-8-9-10-11-12-17-23-40-25-27-42-29-30-43-28-26-41-24-22-38(2)37(39)44-31-36-34-20-15-13-18-32(34)33-19-14-16-21-35(33)36/h13-16,18-21,36H,3-12,17,22-31H2,1-2H3. The van der Waals surface area contributed by atoms with Crippen molar-refractivity contribution in [1.29, 1.82) is 0 Å². The predicted molar refractivity (Wildman–Crippen MR) is 177 cm³/mol. The maximum Gasteiger partial charge on any atom is 0.409 e. The van der Waals surface area contributed by atoms with Crippen molar-refractivity contribution in [3.05, 3.63) is 59.7 Å². The first kappa shape index (κ1) is 36.0. The highest BCUT2D eigenvalue weighted by Gasteiger charge is 2.29. The van der Waals surface area contributed by atoms with E-state index in [2.05, 4.69) is 31.2 Å². The van der Waals surface area contributed by atoms with E-state index >= 15 is 0 Å². The molecule has 0 bridgehead atoms. The lowest BCUT2D eigenvalue weighted by Gasteiger charge is -2.19. The van der Waals surface area contributed by atoms with Gasteiger partial charge in [0.1, 0.15) is 6.61 Å². The summed E-state index contributed by atoms with van der Waals surface area (Å²) in [5, 5.41) is 0. The number of likely N-dealkylation sites (N-methyl/N-ethyl adjacent to an activating group) is 1. The van der Waals surface area contributed by atoms with Gasteiger partial charge in [-0.2, -0.15) is 0 Å². The number of nitrogens with zero attached hydrogens (tertiary/aromatic N) is 1. The van der Waals surface area contributed by atoms with Gasteiger partial charge in [0, 0.05) is 26.1 Å². The molecular weight excluding hydrogens is 554 g/mol. The molecule has 0 fully saturated rings. The SMILES string of the molecule is CCCCCCCCCCCCCOCCOCCOCCOCCN(C)C(=O)OCC1c2ccccc2-c2ccccc21. The number of ether oxygens (including phenoxy) is 5. The van der Waals surface area contributed by atoms with Gasteiger partial charge >= 0.3 is 6.09 Å². The first-order valence-corrected chi connectivity index (χ1v) is 17.1. The smallest absolute Gasteiger partial charge is 0.409 e. The van der Waals surface area contributed by atoms with Crippen LogP contribution < -0.4 is 0 Å². The van der Waals surface area contributed by atoms with Crippen molar-refractivity contribution in [2.45, 2.75) is 83.5 Å². The molecule has 0 aliphatic heterocycles. The third-order valence-corrected chi connectivity index (χ3v) is 8.23. The molecule has 0 heterocycles. The fraction of sp³-hybridized carbons (Fsp3) is 0.649. The van der Waals surface area contributed by atoms with Crippen molar-refractivity contribution in [2.24, 2.45) is 0 Å². The van der Waals surface area contributed by atoms with E-state index in [1.54, 1.807) is 11.9 Å². The van der Waals surface area contributed by atoms with E-state index in [1.807, 2.05) is 24.3 Å². The predicted octanol–water partition coefficient (Wildman–Crippen LogP) is 8.24. The zero-order chi connectivity index (χ0) is 31.1. The van der Waals surface area contributed by atoms with E-state index in [0.717, 1.165) is 13.0 Å². The first-order valence-electron chi connectivity index (χ1n) is 17.1. The Hall–Kier alpha value is -2.45. The lowest BCUT2D eigenvalue weighted by atomic mass is 9.98. The molecule has 2 aromatic rings. The average Bonchev–Trinajstić information content (AvgIpc) is 3.37. The zero-order valence-electron chi connectivity index (χ0n) is 27.4. The normalized spacial score (nSPS) is 12.3. The van der Waals surface area contributed by atoms with E-state index in [9.17, 15) is 4.79 Å². The Labute approximate surface area is 266 Å². The fourth-order valence-corrected chi connectivity index (χ4v) is 5.63. The van der Waals surface area contributed by atoms with Crippen molar-refractivity contribution >= 4 is 6.09 Å². The molecule has 7 heteroatoms. The van der Waals surface area contributed by atoms with Gasteiger partial charge in [0.15, 0.2) is 0 Å². The minimum atomic E-state index is -0.341. The van der Waals surface area contributed by atoms with Crippen LogP contribution >= 0.6 is 0 Å². The second-order valence-corrected chi connectivity index (χ2v) is 11.7. The largest absolute Gasteiger partial charge is 0.448 e. The highest BCUT2D eigenvalue weighted by Crippen LogP contribution is 2.44. The van der Waals surface area contributed by atoms with Crippen LogP contribution in [-0.2, 0) is 23.7 Å². The molecule has 0 unspecified atom stereocenters. The van der Waals surface area contributed by atoms with E-state index in [-0.39, 0.29) is 12.0 Å². The Morgan fingerprint density at radius 3 is 1.55 bits per heavy atom. The summed E-state index contributed by atoms with van der Waals surface area (Å²) >= 11 is 0. The number of carbonyl (C=O) groups is 1. The lowest BCUT2D eigenvalue weighted by molar-refractivity contribution is -0.00376. The summed E-state index contributed by atoms with van der Waals surface area (Å²) in [5.74, 6) is 0.0591. The molecule has 0 spiro atoms. The van der Waals surface area contributed by atoms with E-state index < -0.39 is 0 Å². The number of hydrogen-bond acceptors (Lipinski definition) is 6. The Balaban J connectivity index is 1.06. The number of fused-ring (bicyclic) bond motifs is 3. The summed E-state index contributed by atoms with van der Waals surface area (Å²) in [7, 11) is 1.73. The van der Waals surface area contributed by atoms with Crippen molar-refractivity contribution in [2.75, 3.05) is 73.1 Å². The monoisotopic (exact) mass is 611 g/mol. The van der Waals surface area contributed by atoms with Crippen LogP contribution in [0.5, 0.6) is 0 Å². The van der Waals surface area contributed by atoms with Gasteiger partial charge in [-0.05, 0) is 28.7 Å². The van der Waals surface area contributed by atoms with Crippen LogP contribution in [-0.4, -0.2) is 84.0 Å². The minimum absolute atomic E-state index is 0.0591. The topological polar surface area (TPSA) is 66.5 Å². The van der Waals surface area contributed by atoms with Crippen LogP contribution in [0.25, 0.3) is 11.1 Å². The summed E-state index contributed by atoms with van der Waals surface area (Å²) < 4.78 is 28.1. The number of carbonyl (C=O) groups excluding carboxylic acids is 1. The maximum absolute atomic E-state index is 12.6. The Morgan fingerprint density at radius 2 is 1.02 bits per heavy atom. The molecule has 2 aromatic carbocycles. The second kappa shape index (κ2) is 23.0. The molecule has 0 aromatic heterocycles. The van der Waals surface area contributed by atoms with Crippen LogP contribution in [0.2, 0.25) is 0 Å². The molecular formula is C37H57NO6. The molecule has 1 aliphatic carbocycles. The molecule has 1 aliphatic rings. The van der Waals surface area contributed by atoms with Gasteiger partial charge in [0.25, 0.3) is 0 Å². The third kappa shape index (κ3) is 13.7. The van der Waals surface area contributed by atoms with Gasteiger partial charge in [0.2, 0.25) is 0 Å². The maximum atomic E-state index is 12.6. The van der Waals surface area contributed by atoms with E-state index in [1.165, 1.54) is 86.5 Å². The van der Waals surface area contributed by atoms with E-state index in [0.29, 0.717) is 59.4 Å². The van der Waals surface area contributed by atoms with Gasteiger partial charge in [-0.25, -0.2) is 4.79 Å². The summed E-state index contributed by atoms with van der Waals surface area (Å²) in [6, 6.07) is 16.7. The van der Waals surface area contributed by atoms with Crippen molar-refractivity contribution in [1.82, 2.24) is 4.90 Å². The molecule has 0 saturated heterocycles. The summed E-state index contributed by atoms with van der Waals surface area (Å²) in [6.45, 7) is 7.58. The highest BCUT2D eigenvalue weighted by molar-refractivity contribution is 5.79. The molecule has 3 rings (SSSR count). The average molecular weight is 612 g/mol. The Bertz CT molecular complexity index is 985. The summed E-state index contributed by atoms with van der Waals surface area (Å²) in [6.07, 6.45) is 14.5. The van der Waals surface area contributed by atoms with E-state index in [4.69, 9.17) is 23.7 Å². The number of unbranched alkanes of at least 4 members (excludes halogenated alkanes) is 10. The van der Waals surface area contributed by atoms with Crippen LogP contribution in [0, 0.1) is 0 Å². The highest BCUT2D eigenvalue weighted by atomic mass is 16.6. The second-order valence-electron chi connectivity index (χ2n) is 11.7. The Kier molecular flexibility index (Phi) is 18.8. The third-order valence-electron chi connectivity index (χ3n) is 8.23. The molecule has 1 amide bonds. The van der Waals surface area contributed by atoms with Crippen molar-refractivity contribution in [3.63, 3.8) is 0 Å². The molecule has 0 N–H and O–H groups in total. The fourth-order valence-electron chi connectivity index (χ4n) is 5.63. The van der Waals surface area contributed by atoms with Gasteiger partial charge < -0.3 is 28.6 Å². The number of benzene rings is 2.